The highest BCUT2D eigenvalue weighted by Gasteiger charge is 2.23. The van der Waals surface area contributed by atoms with Gasteiger partial charge in [-0.15, -0.1) is 12.4 Å². The first-order valence-corrected chi connectivity index (χ1v) is 5.46. The molecule has 1 fully saturated rings. The quantitative estimate of drug-likeness (QED) is 0.850. The second-order valence-corrected chi connectivity index (χ2v) is 4.29. The molecule has 1 saturated heterocycles. The van der Waals surface area contributed by atoms with Crippen molar-refractivity contribution in [1.82, 2.24) is 9.97 Å². The van der Waals surface area contributed by atoms with E-state index < -0.39 is 0 Å². The number of hydrogen-bond donors (Lipinski definition) is 1. The van der Waals surface area contributed by atoms with E-state index in [0.717, 1.165) is 43.4 Å². The maximum atomic E-state index is 5.67. The van der Waals surface area contributed by atoms with Gasteiger partial charge >= 0.3 is 0 Å². The van der Waals surface area contributed by atoms with Crippen molar-refractivity contribution in [2.24, 2.45) is 11.7 Å². The van der Waals surface area contributed by atoms with Gasteiger partial charge < -0.3 is 10.6 Å². The van der Waals surface area contributed by atoms with Gasteiger partial charge in [0.2, 0.25) is 5.95 Å². The Morgan fingerprint density at radius 2 is 2.00 bits per heavy atom. The predicted molar refractivity (Wildman–Crippen MR) is 68.1 cm³/mol. The molecule has 0 radical (unpaired) electrons. The van der Waals surface area contributed by atoms with Crippen LogP contribution in [0.25, 0.3) is 0 Å². The van der Waals surface area contributed by atoms with Gasteiger partial charge in [-0.3, -0.25) is 0 Å². The van der Waals surface area contributed by atoms with Gasteiger partial charge in [-0.1, -0.05) is 0 Å². The monoisotopic (exact) mass is 242 g/mol. The molecule has 1 atom stereocenters. The third kappa shape index (κ3) is 2.83. The summed E-state index contributed by atoms with van der Waals surface area (Å²) in [5, 5.41) is 0. The average Bonchev–Trinajstić information content (AvgIpc) is 2.64. The van der Waals surface area contributed by atoms with E-state index in [1.54, 1.807) is 0 Å². The van der Waals surface area contributed by atoms with E-state index in [9.17, 15) is 0 Å². The van der Waals surface area contributed by atoms with Crippen LogP contribution in [-0.2, 0) is 0 Å². The Morgan fingerprint density at radius 1 is 1.38 bits per heavy atom. The molecule has 0 aliphatic carbocycles. The van der Waals surface area contributed by atoms with E-state index in [1.807, 2.05) is 19.9 Å². The molecule has 1 unspecified atom stereocenters. The van der Waals surface area contributed by atoms with Gasteiger partial charge in [0.05, 0.1) is 0 Å². The van der Waals surface area contributed by atoms with Crippen LogP contribution >= 0.6 is 12.4 Å². The third-order valence-electron chi connectivity index (χ3n) is 2.87. The van der Waals surface area contributed by atoms with E-state index in [2.05, 4.69) is 14.9 Å². The summed E-state index contributed by atoms with van der Waals surface area (Å²) in [4.78, 5) is 11.2. The molecule has 90 valence electrons. The number of halogens is 1. The zero-order valence-electron chi connectivity index (χ0n) is 9.81. The van der Waals surface area contributed by atoms with Gasteiger partial charge in [0.25, 0.3) is 0 Å². The first kappa shape index (κ1) is 13.2. The largest absolute Gasteiger partial charge is 0.340 e. The molecule has 16 heavy (non-hydrogen) atoms. The van der Waals surface area contributed by atoms with Gasteiger partial charge in [-0.25, -0.2) is 9.97 Å². The minimum atomic E-state index is 0. The SMILES string of the molecule is Cc1cc(C)nc(N2CCC(CN)C2)n1.Cl. The van der Waals surface area contributed by atoms with E-state index in [-0.39, 0.29) is 12.4 Å². The molecule has 0 spiro atoms. The first-order chi connectivity index (χ1) is 7.19. The maximum Gasteiger partial charge on any atom is 0.225 e. The summed E-state index contributed by atoms with van der Waals surface area (Å²) in [6.07, 6.45) is 1.16. The zero-order chi connectivity index (χ0) is 10.8. The summed E-state index contributed by atoms with van der Waals surface area (Å²) >= 11 is 0. The summed E-state index contributed by atoms with van der Waals surface area (Å²) in [6.45, 7) is 6.81. The number of nitrogens with two attached hydrogens (primary N) is 1. The fourth-order valence-electron chi connectivity index (χ4n) is 2.06. The van der Waals surface area contributed by atoms with Gasteiger partial charge in [-0.2, -0.15) is 0 Å². The van der Waals surface area contributed by atoms with Crippen LogP contribution in [0.2, 0.25) is 0 Å². The summed E-state index contributed by atoms with van der Waals surface area (Å²) in [5.41, 5.74) is 7.74. The van der Waals surface area contributed by atoms with E-state index >= 15 is 0 Å². The molecule has 1 aromatic rings. The van der Waals surface area contributed by atoms with Gasteiger partial charge in [0, 0.05) is 24.5 Å². The number of rotatable bonds is 2. The van der Waals surface area contributed by atoms with Crippen molar-refractivity contribution in [2.45, 2.75) is 20.3 Å². The van der Waals surface area contributed by atoms with Gasteiger partial charge in [0.1, 0.15) is 0 Å². The topological polar surface area (TPSA) is 55.0 Å². The van der Waals surface area contributed by atoms with Crippen molar-refractivity contribution >= 4 is 18.4 Å². The van der Waals surface area contributed by atoms with Crippen molar-refractivity contribution in [3.05, 3.63) is 17.5 Å². The second kappa shape index (κ2) is 5.46. The Kier molecular flexibility index (Phi) is 4.50. The number of aryl methyl sites for hydroxylation is 2. The van der Waals surface area contributed by atoms with Crippen LogP contribution in [0.4, 0.5) is 5.95 Å². The molecule has 2 N–H and O–H groups in total. The smallest absolute Gasteiger partial charge is 0.225 e. The number of aromatic nitrogens is 2. The Bertz CT molecular complexity index is 336. The van der Waals surface area contributed by atoms with Gasteiger partial charge in [0.15, 0.2) is 0 Å². The summed E-state index contributed by atoms with van der Waals surface area (Å²) in [5.74, 6) is 1.47. The van der Waals surface area contributed by atoms with Crippen LogP contribution < -0.4 is 10.6 Å². The highest BCUT2D eigenvalue weighted by Crippen LogP contribution is 2.20. The van der Waals surface area contributed by atoms with E-state index in [1.165, 1.54) is 0 Å². The number of nitrogens with zero attached hydrogens (tertiary/aromatic N) is 3. The second-order valence-electron chi connectivity index (χ2n) is 4.29. The maximum absolute atomic E-state index is 5.67. The zero-order valence-corrected chi connectivity index (χ0v) is 10.6. The molecule has 1 aromatic heterocycles. The minimum absolute atomic E-state index is 0. The van der Waals surface area contributed by atoms with E-state index in [0.29, 0.717) is 5.92 Å². The molecule has 0 aromatic carbocycles. The molecule has 2 rings (SSSR count). The summed E-state index contributed by atoms with van der Waals surface area (Å²) in [7, 11) is 0. The van der Waals surface area contributed by atoms with Crippen molar-refractivity contribution in [3.8, 4) is 0 Å². The Labute approximate surface area is 103 Å². The molecule has 0 bridgehead atoms. The number of hydrogen-bond acceptors (Lipinski definition) is 4. The molecular formula is C11H19ClN4. The van der Waals surface area contributed by atoms with Crippen LogP contribution in [-0.4, -0.2) is 29.6 Å². The third-order valence-corrected chi connectivity index (χ3v) is 2.87. The molecular weight excluding hydrogens is 224 g/mol. The predicted octanol–water partition coefficient (Wildman–Crippen LogP) is 1.30. The average molecular weight is 243 g/mol. The van der Waals surface area contributed by atoms with Crippen molar-refractivity contribution in [3.63, 3.8) is 0 Å². The van der Waals surface area contributed by atoms with Crippen LogP contribution in [0, 0.1) is 19.8 Å². The number of anilines is 1. The highest BCUT2D eigenvalue weighted by molar-refractivity contribution is 5.85. The van der Waals surface area contributed by atoms with Crippen LogP contribution in [0.3, 0.4) is 0 Å². The Morgan fingerprint density at radius 3 is 2.50 bits per heavy atom. The molecule has 1 aliphatic heterocycles. The van der Waals surface area contributed by atoms with Crippen LogP contribution in [0.15, 0.2) is 6.07 Å². The first-order valence-electron chi connectivity index (χ1n) is 5.46. The lowest BCUT2D eigenvalue weighted by molar-refractivity contribution is 0.601. The van der Waals surface area contributed by atoms with Crippen molar-refractivity contribution in [1.29, 1.82) is 0 Å². The lowest BCUT2D eigenvalue weighted by atomic mass is 10.1. The van der Waals surface area contributed by atoms with Crippen molar-refractivity contribution < 1.29 is 0 Å². The molecule has 4 nitrogen and oxygen atoms in total. The molecule has 5 heteroatoms. The normalized spacial score (nSPS) is 19.7. The van der Waals surface area contributed by atoms with Gasteiger partial charge in [-0.05, 0) is 38.8 Å². The van der Waals surface area contributed by atoms with E-state index in [4.69, 9.17) is 5.73 Å². The molecule has 0 saturated carbocycles. The molecule has 0 amide bonds. The fraction of sp³-hybridized carbons (Fsp3) is 0.636. The van der Waals surface area contributed by atoms with Crippen LogP contribution in [0.1, 0.15) is 17.8 Å². The van der Waals surface area contributed by atoms with Crippen molar-refractivity contribution in [2.75, 3.05) is 24.5 Å². The Balaban J connectivity index is 0.00000128. The van der Waals surface area contributed by atoms with Crippen LogP contribution in [0.5, 0.6) is 0 Å². The Hall–Kier alpha value is -0.870. The standard InChI is InChI=1S/C11H18N4.ClH/c1-8-5-9(2)14-11(13-8)15-4-3-10(6-12)7-15;/h5,10H,3-4,6-7,12H2,1-2H3;1H. The summed E-state index contributed by atoms with van der Waals surface area (Å²) < 4.78 is 0. The lowest BCUT2D eigenvalue weighted by Gasteiger charge is -2.16. The molecule has 1 aliphatic rings. The highest BCUT2D eigenvalue weighted by atomic mass is 35.5. The lowest BCUT2D eigenvalue weighted by Crippen LogP contribution is -2.24. The minimum Gasteiger partial charge on any atom is -0.340 e. The summed E-state index contributed by atoms with van der Waals surface area (Å²) in [6, 6.07) is 2.00. The fourth-order valence-corrected chi connectivity index (χ4v) is 2.06. The molecule has 2 heterocycles.